The summed E-state index contributed by atoms with van der Waals surface area (Å²) in [5.74, 6) is 0.675. The van der Waals surface area contributed by atoms with Gasteiger partial charge in [-0.15, -0.1) is 0 Å². The maximum Gasteiger partial charge on any atom is 0.160 e. The van der Waals surface area contributed by atoms with E-state index in [1.165, 1.54) is 21.7 Å². The van der Waals surface area contributed by atoms with E-state index in [1.807, 2.05) is 36.4 Å². The smallest absolute Gasteiger partial charge is 0.160 e. The highest BCUT2D eigenvalue weighted by Gasteiger charge is 2.14. The quantitative estimate of drug-likeness (QED) is 0.0924. The van der Waals surface area contributed by atoms with Crippen molar-refractivity contribution >= 4 is 27.2 Å². The fourth-order valence-electron chi connectivity index (χ4n) is 7.46. The normalized spacial score (nSPS) is 12.7. The number of benzene rings is 8. The predicted molar refractivity (Wildman–Crippen MR) is 245 cm³/mol. The summed E-state index contributed by atoms with van der Waals surface area (Å²) in [5, 5.41) is 11.8. The fraction of sp³-hybridized carbons (Fsp3) is 0.0566. The summed E-state index contributed by atoms with van der Waals surface area (Å²) in [6, 6.07) is 68.7. The molecule has 0 fully saturated rings. The molecule has 0 aliphatic carbocycles. The molecule has 1 heterocycles. The summed E-state index contributed by atoms with van der Waals surface area (Å²) >= 11 is 0. The van der Waals surface area contributed by atoms with Crippen LogP contribution in [0.15, 0.2) is 206 Å². The second-order valence-corrected chi connectivity index (χ2v) is 14.7. The fourth-order valence-corrected chi connectivity index (χ4v) is 7.46. The van der Waals surface area contributed by atoms with E-state index < -0.39 is 6.17 Å². The molecule has 0 radical (unpaired) electrons. The lowest BCUT2D eigenvalue weighted by Gasteiger charge is -2.19. The van der Waals surface area contributed by atoms with Crippen LogP contribution in [-0.2, 0) is 0 Å². The summed E-state index contributed by atoms with van der Waals surface area (Å²) in [6.45, 7) is 0.421. The van der Waals surface area contributed by atoms with E-state index in [9.17, 15) is 0 Å². The van der Waals surface area contributed by atoms with Crippen LogP contribution in [0.3, 0.4) is 0 Å². The van der Waals surface area contributed by atoms with Gasteiger partial charge in [-0.3, -0.25) is 5.32 Å². The van der Waals surface area contributed by atoms with Crippen LogP contribution >= 0.6 is 0 Å². The number of rotatable bonds is 12. The number of aromatic nitrogens is 2. The number of nitrogens with one attached hydrogen (secondary N) is 2. The molecule has 0 amide bonds. The van der Waals surface area contributed by atoms with E-state index in [4.69, 9.17) is 21.4 Å². The van der Waals surface area contributed by atoms with Gasteiger partial charge in [-0.25, -0.2) is 9.97 Å². The number of hydrogen-bond acceptors (Lipinski definition) is 6. The summed E-state index contributed by atoms with van der Waals surface area (Å²) < 4.78 is 0. The molecule has 59 heavy (non-hydrogen) atoms. The minimum Gasteiger partial charge on any atom is -0.372 e. The molecule has 6 N–H and O–H groups in total. The molecule has 0 aliphatic rings. The van der Waals surface area contributed by atoms with Gasteiger partial charge in [0.15, 0.2) is 5.82 Å². The Balaban J connectivity index is 0.941. The molecule has 0 saturated carbocycles. The lowest BCUT2D eigenvalue weighted by molar-refractivity contribution is 0.539. The first-order valence-electron chi connectivity index (χ1n) is 19.9. The Morgan fingerprint density at radius 1 is 0.458 bits per heavy atom. The van der Waals surface area contributed by atoms with E-state index in [0.29, 0.717) is 12.5 Å². The zero-order chi connectivity index (χ0) is 40.0. The Kier molecular flexibility index (Phi) is 10.8. The standard InChI is InChI=1S/C53H44N6/c54-48(46-29-21-37-13-7-9-17-44(37)31-46)33-49(47-30-22-38-14-8-10-18-45(38)32-47)56-35-57-52(55)42-27-25-41(26-28-42)51-34-50(58-53(59-51)43-15-5-2-6-16-43)40-23-19-39(20-24-40)36-11-3-1-4-12-36/h1-34,48,52,56-57H,35,54-55H2/b49-33-. The van der Waals surface area contributed by atoms with Gasteiger partial charge in [-0.1, -0.05) is 182 Å². The largest absolute Gasteiger partial charge is 0.372 e. The molecule has 8 aromatic carbocycles. The third kappa shape index (κ3) is 8.56. The highest BCUT2D eigenvalue weighted by Crippen LogP contribution is 2.30. The van der Waals surface area contributed by atoms with Crippen molar-refractivity contribution in [3.63, 3.8) is 0 Å². The van der Waals surface area contributed by atoms with Crippen molar-refractivity contribution in [2.75, 3.05) is 6.67 Å². The maximum atomic E-state index is 6.86. The monoisotopic (exact) mass is 764 g/mol. The van der Waals surface area contributed by atoms with Crippen molar-refractivity contribution in [3.8, 4) is 45.0 Å². The lowest BCUT2D eigenvalue weighted by Crippen LogP contribution is -2.36. The highest BCUT2D eigenvalue weighted by atomic mass is 15.1. The van der Waals surface area contributed by atoms with Crippen molar-refractivity contribution < 1.29 is 0 Å². The molecule has 9 rings (SSSR count). The first-order valence-corrected chi connectivity index (χ1v) is 19.9. The average molecular weight is 765 g/mol. The van der Waals surface area contributed by atoms with Crippen molar-refractivity contribution in [3.05, 3.63) is 223 Å². The van der Waals surface area contributed by atoms with E-state index in [0.717, 1.165) is 61.4 Å². The van der Waals surface area contributed by atoms with E-state index in [1.54, 1.807) is 0 Å². The third-order valence-electron chi connectivity index (χ3n) is 10.8. The molecule has 6 heteroatoms. The molecule has 2 atom stereocenters. The molecule has 0 bridgehead atoms. The maximum absolute atomic E-state index is 6.86. The van der Waals surface area contributed by atoms with Crippen LogP contribution in [-0.4, -0.2) is 16.6 Å². The minimum absolute atomic E-state index is 0.326. The molecule has 0 saturated heterocycles. The lowest BCUT2D eigenvalue weighted by atomic mass is 9.99. The van der Waals surface area contributed by atoms with Gasteiger partial charge in [0.05, 0.1) is 30.3 Å². The Morgan fingerprint density at radius 3 is 1.59 bits per heavy atom. The molecule has 1 aromatic heterocycles. The van der Waals surface area contributed by atoms with Crippen LogP contribution < -0.4 is 22.1 Å². The molecular weight excluding hydrogens is 721 g/mol. The molecular formula is C53H44N6. The van der Waals surface area contributed by atoms with Crippen LogP contribution in [0.1, 0.15) is 28.9 Å². The van der Waals surface area contributed by atoms with Gasteiger partial charge in [0.1, 0.15) is 0 Å². The zero-order valence-corrected chi connectivity index (χ0v) is 32.5. The predicted octanol–water partition coefficient (Wildman–Crippen LogP) is 11.3. The zero-order valence-electron chi connectivity index (χ0n) is 32.5. The third-order valence-corrected chi connectivity index (χ3v) is 10.8. The SMILES string of the molecule is NC(/C=C(\NCNC(N)c1ccc(-c2cc(-c3ccc(-c4ccccc4)cc3)nc(-c3ccccc3)n2)cc1)c1ccc2ccccc2c1)c1ccc2ccccc2c1. The van der Waals surface area contributed by atoms with Crippen LogP contribution in [0.2, 0.25) is 0 Å². The number of hydrogen-bond donors (Lipinski definition) is 4. The van der Waals surface area contributed by atoms with Gasteiger partial charge in [0.2, 0.25) is 0 Å². The first-order chi connectivity index (χ1) is 29.0. The van der Waals surface area contributed by atoms with E-state index in [-0.39, 0.29) is 6.04 Å². The highest BCUT2D eigenvalue weighted by molar-refractivity contribution is 5.87. The van der Waals surface area contributed by atoms with Gasteiger partial charge in [0, 0.05) is 22.4 Å². The Bertz CT molecular complexity index is 2870. The van der Waals surface area contributed by atoms with E-state index in [2.05, 4.69) is 181 Å². The Morgan fingerprint density at radius 2 is 0.949 bits per heavy atom. The molecule has 9 aromatic rings. The molecule has 286 valence electrons. The van der Waals surface area contributed by atoms with Crippen molar-refractivity contribution in [1.82, 2.24) is 20.6 Å². The second-order valence-electron chi connectivity index (χ2n) is 14.7. The van der Waals surface area contributed by atoms with Crippen LogP contribution in [0.4, 0.5) is 0 Å². The Hall–Kier alpha value is -7.22. The van der Waals surface area contributed by atoms with Crippen LogP contribution in [0.5, 0.6) is 0 Å². The van der Waals surface area contributed by atoms with Gasteiger partial charge in [-0.2, -0.15) is 0 Å². The second kappa shape index (κ2) is 17.1. The van der Waals surface area contributed by atoms with Crippen LogP contribution in [0.25, 0.3) is 72.3 Å². The Labute approximate surface area is 344 Å². The molecule has 2 unspecified atom stereocenters. The summed E-state index contributed by atoms with van der Waals surface area (Å²) in [5.41, 5.74) is 24.6. The number of nitrogens with two attached hydrogens (primary N) is 2. The molecule has 6 nitrogen and oxygen atoms in total. The molecule has 0 spiro atoms. The van der Waals surface area contributed by atoms with Gasteiger partial charge < -0.3 is 16.8 Å². The average Bonchev–Trinajstić information content (AvgIpc) is 3.31. The van der Waals surface area contributed by atoms with Crippen molar-refractivity contribution in [2.24, 2.45) is 11.5 Å². The van der Waals surface area contributed by atoms with E-state index >= 15 is 0 Å². The molecule has 0 aliphatic heterocycles. The van der Waals surface area contributed by atoms with Crippen molar-refractivity contribution in [2.45, 2.75) is 12.2 Å². The van der Waals surface area contributed by atoms with Crippen LogP contribution in [0, 0.1) is 0 Å². The first kappa shape index (κ1) is 37.4. The minimum atomic E-state index is -0.424. The summed E-state index contributed by atoms with van der Waals surface area (Å²) in [6.07, 6.45) is 1.67. The topological polar surface area (TPSA) is 102 Å². The summed E-state index contributed by atoms with van der Waals surface area (Å²) in [7, 11) is 0. The number of fused-ring (bicyclic) bond motifs is 2. The van der Waals surface area contributed by atoms with Crippen molar-refractivity contribution in [1.29, 1.82) is 0 Å². The van der Waals surface area contributed by atoms with Gasteiger partial charge in [0.25, 0.3) is 0 Å². The number of nitrogens with zero attached hydrogens (tertiary/aromatic N) is 2. The van der Waals surface area contributed by atoms with Gasteiger partial charge >= 0.3 is 0 Å². The van der Waals surface area contributed by atoms with Gasteiger partial charge in [-0.05, 0) is 73.6 Å². The summed E-state index contributed by atoms with van der Waals surface area (Å²) in [4.78, 5) is 10.1.